The van der Waals surface area contributed by atoms with Crippen molar-refractivity contribution in [1.82, 2.24) is 14.1 Å². The molecule has 0 aliphatic carbocycles. The minimum atomic E-state index is -3.47. The first-order valence-electron chi connectivity index (χ1n) is 6.49. The Balaban J connectivity index is 2.89. The highest BCUT2D eigenvalue weighted by atomic mass is 32.2. The van der Waals surface area contributed by atoms with Crippen LogP contribution >= 0.6 is 0 Å². The molecule has 0 amide bonds. The molecule has 0 aromatic carbocycles. The summed E-state index contributed by atoms with van der Waals surface area (Å²) in [4.78, 5) is 0.221. The van der Waals surface area contributed by atoms with Crippen LogP contribution in [0.2, 0.25) is 0 Å². The molecule has 19 heavy (non-hydrogen) atoms. The number of hydrogen-bond donors (Lipinski definition) is 1. The summed E-state index contributed by atoms with van der Waals surface area (Å²) in [6.07, 6.45) is 3.73. The maximum Gasteiger partial charge on any atom is 0.246 e. The number of hydrogen-bond acceptors (Lipinski definition) is 4. The van der Waals surface area contributed by atoms with E-state index in [2.05, 4.69) is 18.9 Å². The molecule has 0 bridgehead atoms. The van der Waals surface area contributed by atoms with Crippen molar-refractivity contribution in [2.75, 3.05) is 13.6 Å². The standard InChI is InChI=1S/C12H24N4O2S/c1-10(2)7-11(3)15(4)19(17,18)12-8-14-16(9-12)6-5-13/h8-11H,5-7,13H2,1-4H3. The molecule has 0 aliphatic heterocycles. The highest BCUT2D eigenvalue weighted by molar-refractivity contribution is 7.89. The number of nitrogens with two attached hydrogens (primary N) is 1. The van der Waals surface area contributed by atoms with E-state index >= 15 is 0 Å². The van der Waals surface area contributed by atoms with Crippen LogP contribution in [-0.2, 0) is 16.6 Å². The van der Waals surface area contributed by atoms with Gasteiger partial charge in [-0.2, -0.15) is 9.40 Å². The van der Waals surface area contributed by atoms with E-state index in [0.717, 1.165) is 6.42 Å². The molecule has 7 heteroatoms. The maximum atomic E-state index is 12.4. The van der Waals surface area contributed by atoms with Gasteiger partial charge in [0.15, 0.2) is 0 Å². The van der Waals surface area contributed by atoms with Crippen LogP contribution in [0.15, 0.2) is 17.3 Å². The maximum absolute atomic E-state index is 12.4. The summed E-state index contributed by atoms with van der Waals surface area (Å²) in [6.45, 7) is 7.02. The summed E-state index contributed by atoms with van der Waals surface area (Å²) < 4.78 is 27.8. The van der Waals surface area contributed by atoms with E-state index in [1.54, 1.807) is 11.7 Å². The third-order valence-corrected chi connectivity index (χ3v) is 5.00. The molecule has 110 valence electrons. The van der Waals surface area contributed by atoms with Crippen LogP contribution in [0.1, 0.15) is 27.2 Å². The van der Waals surface area contributed by atoms with E-state index in [1.165, 1.54) is 16.7 Å². The van der Waals surface area contributed by atoms with E-state index in [4.69, 9.17) is 5.73 Å². The van der Waals surface area contributed by atoms with Gasteiger partial charge in [-0.25, -0.2) is 8.42 Å². The summed E-state index contributed by atoms with van der Waals surface area (Å²) in [5.41, 5.74) is 5.42. The second-order valence-electron chi connectivity index (χ2n) is 5.23. The topological polar surface area (TPSA) is 81.2 Å². The monoisotopic (exact) mass is 288 g/mol. The van der Waals surface area contributed by atoms with Crippen molar-refractivity contribution >= 4 is 10.0 Å². The fraction of sp³-hybridized carbons (Fsp3) is 0.750. The zero-order chi connectivity index (χ0) is 14.6. The summed E-state index contributed by atoms with van der Waals surface area (Å²) in [5.74, 6) is 0.451. The van der Waals surface area contributed by atoms with Gasteiger partial charge in [-0.1, -0.05) is 13.8 Å². The van der Waals surface area contributed by atoms with Gasteiger partial charge in [-0.3, -0.25) is 4.68 Å². The number of sulfonamides is 1. The molecule has 0 radical (unpaired) electrons. The third-order valence-electron chi connectivity index (χ3n) is 3.08. The van der Waals surface area contributed by atoms with Crippen LogP contribution in [0.5, 0.6) is 0 Å². The second-order valence-corrected chi connectivity index (χ2v) is 7.23. The summed E-state index contributed by atoms with van der Waals surface area (Å²) in [5, 5.41) is 4.01. The molecular formula is C12H24N4O2S. The van der Waals surface area contributed by atoms with Gasteiger partial charge >= 0.3 is 0 Å². The quantitative estimate of drug-likeness (QED) is 0.808. The van der Waals surface area contributed by atoms with Gasteiger partial charge in [0, 0.05) is 25.8 Å². The van der Waals surface area contributed by atoms with Gasteiger partial charge in [0.1, 0.15) is 4.90 Å². The lowest BCUT2D eigenvalue weighted by Crippen LogP contribution is -2.35. The van der Waals surface area contributed by atoms with Crippen molar-refractivity contribution in [3.63, 3.8) is 0 Å². The van der Waals surface area contributed by atoms with Gasteiger partial charge in [0.25, 0.3) is 0 Å². The molecule has 1 aromatic rings. The first-order valence-corrected chi connectivity index (χ1v) is 7.93. The van der Waals surface area contributed by atoms with Crippen molar-refractivity contribution in [3.8, 4) is 0 Å². The van der Waals surface area contributed by atoms with Crippen molar-refractivity contribution in [2.24, 2.45) is 11.7 Å². The van der Waals surface area contributed by atoms with Gasteiger partial charge in [0.2, 0.25) is 10.0 Å². The largest absolute Gasteiger partial charge is 0.329 e. The van der Waals surface area contributed by atoms with Gasteiger partial charge in [0.05, 0.1) is 12.7 Å². The van der Waals surface area contributed by atoms with E-state index in [-0.39, 0.29) is 10.9 Å². The zero-order valence-corrected chi connectivity index (χ0v) is 12.9. The lowest BCUT2D eigenvalue weighted by molar-refractivity contribution is 0.338. The molecule has 0 saturated heterocycles. The molecule has 1 rings (SSSR count). The van der Waals surface area contributed by atoms with Crippen molar-refractivity contribution in [1.29, 1.82) is 0 Å². The van der Waals surface area contributed by atoms with E-state index in [9.17, 15) is 8.42 Å². The molecule has 0 fully saturated rings. The molecule has 1 heterocycles. The average molecular weight is 288 g/mol. The Labute approximate surface area is 115 Å². The molecule has 0 aliphatic rings. The number of aromatic nitrogens is 2. The Morgan fingerprint density at radius 2 is 2.05 bits per heavy atom. The molecule has 0 spiro atoms. The fourth-order valence-electron chi connectivity index (χ4n) is 1.97. The molecule has 1 unspecified atom stereocenters. The van der Waals surface area contributed by atoms with Crippen LogP contribution in [0.3, 0.4) is 0 Å². The Morgan fingerprint density at radius 3 is 2.58 bits per heavy atom. The Kier molecular flexibility index (Phi) is 5.51. The van der Waals surface area contributed by atoms with Crippen LogP contribution in [0.4, 0.5) is 0 Å². The SMILES string of the molecule is CC(C)CC(C)N(C)S(=O)(=O)c1cnn(CCN)c1. The highest BCUT2D eigenvalue weighted by Gasteiger charge is 2.26. The predicted octanol–water partition coefficient (Wildman–Crippen LogP) is 0.897. The highest BCUT2D eigenvalue weighted by Crippen LogP contribution is 2.19. The molecule has 6 nitrogen and oxygen atoms in total. The van der Waals surface area contributed by atoms with Crippen molar-refractivity contribution < 1.29 is 8.42 Å². The zero-order valence-electron chi connectivity index (χ0n) is 12.1. The third kappa shape index (κ3) is 4.02. The Bertz CT molecular complexity index is 496. The van der Waals surface area contributed by atoms with Gasteiger partial charge in [-0.05, 0) is 19.3 Å². The lowest BCUT2D eigenvalue weighted by atomic mass is 10.1. The van der Waals surface area contributed by atoms with Crippen molar-refractivity contribution in [3.05, 3.63) is 12.4 Å². The summed E-state index contributed by atoms with van der Waals surface area (Å²) in [7, 11) is -1.86. The lowest BCUT2D eigenvalue weighted by Gasteiger charge is -2.24. The molecule has 1 atom stereocenters. The first-order chi connectivity index (χ1) is 8.78. The number of rotatable bonds is 7. The fourth-order valence-corrected chi connectivity index (χ4v) is 3.29. The minimum Gasteiger partial charge on any atom is -0.329 e. The normalized spacial score (nSPS) is 14.3. The second kappa shape index (κ2) is 6.49. The minimum absolute atomic E-state index is 0.0390. The molecule has 2 N–H and O–H groups in total. The van der Waals surface area contributed by atoms with E-state index in [1.807, 2.05) is 6.92 Å². The van der Waals surface area contributed by atoms with Gasteiger partial charge in [-0.15, -0.1) is 0 Å². The predicted molar refractivity (Wildman–Crippen MR) is 75.1 cm³/mol. The van der Waals surface area contributed by atoms with Crippen LogP contribution in [0.25, 0.3) is 0 Å². The molecule has 0 saturated carbocycles. The summed E-state index contributed by atoms with van der Waals surface area (Å²) in [6, 6.07) is -0.0390. The first kappa shape index (κ1) is 16.1. The van der Waals surface area contributed by atoms with Crippen LogP contribution in [0, 0.1) is 5.92 Å². The number of nitrogens with zero attached hydrogens (tertiary/aromatic N) is 3. The summed E-state index contributed by atoms with van der Waals surface area (Å²) >= 11 is 0. The Hall–Kier alpha value is -0.920. The van der Waals surface area contributed by atoms with Crippen LogP contribution < -0.4 is 5.73 Å². The van der Waals surface area contributed by atoms with Gasteiger partial charge < -0.3 is 5.73 Å². The smallest absolute Gasteiger partial charge is 0.246 e. The molecular weight excluding hydrogens is 264 g/mol. The van der Waals surface area contributed by atoms with E-state index in [0.29, 0.717) is 19.0 Å². The Morgan fingerprint density at radius 1 is 1.42 bits per heavy atom. The average Bonchev–Trinajstić information content (AvgIpc) is 2.76. The molecule has 1 aromatic heterocycles. The van der Waals surface area contributed by atoms with Crippen LogP contribution in [-0.4, -0.2) is 42.1 Å². The van der Waals surface area contributed by atoms with Crippen molar-refractivity contribution in [2.45, 2.75) is 44.7 Å². The van der Waals surface area contributed by atoms with E-state index < -0.39 is 10.0 Å².